The highest BCUT2D eigenvalue weighted by molar-refractivity contribution is 6.30. The van der Waals surface area contributed by atoms with Crippen molar-refractivity contribution in [2.45, 2.75) is 65.8 Å². The fraction of sp³-hybridized carbons (Fsp3) is 0.245. The molecule has 0 saturated heterocycles. The molecule has 0 bridgehead atoms. The number of hydrogen-bond acceptors (Lipinski definition) is 10. The van der Waals surface area contributed by atoms with E-state index in [9.17, 15) is 14.9 Å². The highest BCUT2D eigenvalue weighted by atomic mass is 35.5. The molecule has 314 valence electrons. The number of carbonyl (C=O) groups is 2. The largest absolute Gasteiger partial charge is 0.457 e. The lowest BCUT2D eigenvalue weighted by atomic mass is 9.88. The molecular weight excluding hydrogens is 792 g/mol. The van der Waals surface area contributed by atoms with E-state index in [0.717, 1.165) is 22.4 Å². The van der Waals surface area contributed by atoms with Crippen LogP contribution in [0, 0.1) is 24.2 Å². The molecule has 12 heteroatoms. The molecule has 0 unspecified atom stereocenters. The first-order valence-electron chi connectivity index (χ1n) is 19.6. The number of esters is 2. The van der Waals surface area contributed by atoms with Gasteiger partial charge in [0, 0.05) is 17.6 Å². The predicted molar refractivity (Wildman–Crippen MR) is 235 cm³/mol. The van der Waals surface area contributed by atoms with Gasteiger partial charge in [-0.3, -0.25) is 4.79 Å². The second-order valence-electron chi connectivity index (χ2n) is 15.3. The number of hydrogen-bond donors (Lipinski definition) is 0. The Labute approximate surface area is 362 Å². The smallest absolute Gasteiger partial charge is 0.338 e. The number of ether oxygens (including phenoxy) is 4. The molecule has 1 heterocycles. The quantitative estimate of drug-likeness (QED) is 0.0596. The van der Waals surface area contributed by atoms with Gasteiger partial charge in [-0.15, -0.1) is 0 Å². The summed E-state index contributed by atoms with van der Waals surface area (Å²) >= 11 is 5.96. The SMILES string of the molecule is CC(C)[C@H](C(=O)O[C@H](C#N)c1cccc(Oc2ccccc2)c1)c1ccc(Cl)cc1.Cc1nn(C)c(Oc2ccccc2)c1/C=N/OCc1ccc(C(=O)OC(C)(C)C)cc1. The van der Waals surface area contributed by atoms with Gasteiger partial charge in [-0.05, 0) is 105 Å². The van der Waals surface area contributed by atoms with Crippen LogP contribution in [0.2, 0.25) is 5.02 Å². The molecule has 61 heavy (non-hydrogen) atoms. The zero-order valence-corrected chi connectivity index (χ0v) is 36.0. The third kappa shape index (κ3) is 13.6. The number of carbonyl (C=O) groups excluding carboxylic acids is 2. The molecule has 11 nitrogen and oxygen atoms in total. The normalized spacial score (nSPS) is 12.1. The van der Waals surface area contributed by atoms with Crippen LogP contribution >= 0.6 is 11.6 Å². The number of aromatic nitrogens is 2. The van der Waals surface area contributed by atoms with Crippen molar-refractivity contribution < 1.29 is 33.4 Å². The number of para-hydroxylation sites is 2. The Bertz CT molecular complexity index is 2420. The van der Waals surface area contributed by atoms with Gasteiger partial charge in [0.25, 0.3) is 0 Å². The van der Waals surface area contributed by atoms with Crippen molar-refractivity contribution in [1.29, 1.82) is 5.26 Å². The number of nitrogens with zero attached hydrogens (tertiary/aromatic N) is 4. The molecule has 0 fully saturated rings. The number of benzene rings is 5. The number of aryl methyl sites for hydroxylation is 2. The van der Waals surface area contributed by atoms with Crippen LogP contribution in [0.15, 0.2) is 139 Å². The van der Waals surface area contributed by atoms with Crippen molar-refractivity contribution in [3.63, 3.8) is 0 Å². The average molecular weight is 841 g/mol. The minimum atomic E-state index is -1.04. The van der Waals surface area contributed by atoms with Gasteiger partial charge in [0.1, 0.15) is 35.5 Å². The van der Waals surface area contributed by atoms with E-state index in [2.05, 4.69) is 16.3 Å². The molecule has 0 amide bonds. The average Bonchev–Trinajstić information content (AvgIpc) is 3.50. The molecule has 0 saturated carbocycles. The maximum atomic E-state index is 13.0. The number of oxime groups is 1. The summed E-state index contributed by atoms with van der Waals surface area (Å²) in [6, 6.07) is 42.1. The number of halogens is 1. The minimum Gasteiger partial charge on any atom is -0.457 e. The molecule has 2 atom stereocenters. The fourth-order valence-electron chi connectivity index (χ4n) is 5.99. The van der Waals surface area contributed by atoms with Crippen LogP contribution in [0.3, 0.4) is 0 Å². The van der Waals surface area contributed by atoms with E-state index in [-0.39, 0.29) is 18.5 Å². The van der Waals surface area contributed by atoms with Crippen LogP contribution in [0.1, 0.15) is 84.9 Å². The number of nitriles is 1. The van der Waals surface area contributed by atoms with Crippen LogP contribution in [0.5, 0.6) is 23.1 Å². The minimum absolute atomic E-state index is 0.00855. The van der Waals surface area contributed by atoms with E-state index in [1.54, 1.807) is 59.4 Å². The standard InChI is InChI=1S/C25H22ClNO3.C24H27N3O4/c1-17(2)24(18-11-13-20(26)14-12-18)25(28)30-23(16-27)19-7-6-10-22(15-19)29-21-8-4-3-5-9-21;1-17-21(22(27(5)26-17)30-20-9-7-6-8-10-20)15-25-29-16-18-11-13-19(14-12-18)23(28)31-24(2,3)4/h3-15,17,23-24H,1-2H3;6-15H,16H2,1-5H3/b;25-15+/t23-,24+;/m1./s1. The zero-order valence-electron chi connectivity index (χ0n) is 35.2. The van der Waals surface area contributed by atoms with Crippen LogP contribution in [-0.2, 0) is 32.8 Å². The van der Waals surface area contributed by atoms with E-state index in [0.29, 0.717) is 39.3 Å². The molecule has 6 aromatic rings. The first-order valence-corrected chi connectivity index (χ1v) is 20.0. The van der Waals surface area contributed by atoms with Crippen LogP contribution < -0.4 is 9.47 Å². The molecule has 1 aromatic heterocycles. The predicted octanol–water partition coefficient (Wildman–Crippen LogP) is 11.7. The van der Waals surface area contributed by atoms with E-state index >= 15 is 0 Å². The molecule has 0 aliphatic heterocycles. The lowest BCUT2D eigenvalue weighted by molar-refractivity contribution is -0.150. The van der Waals surface area contributed by atoms with Crippen molar-refractivity contribution in [2.75, 3.05) is 0 Å². The Balaban J connectivity index is 0.000000231. The third-order valence-electron chi connectivity index (χ3n) is 8.89. The third-order valence-corrected chi connectivity index (χ3v) is 9.14. The molecule has 0 N–H and O–H groups in total. The number of rotatable bonds is 14. The Morgan fingerprint density at radius 3 is 2.02 bits per heavy atom. The summed E-state index contributed by atoms with van der Waals surface area (Å²) < 4.78 is 24.4. The van der Waals surface area contributed by atoms with Gasteiger partial charge in [-0.1, -0.05) is 103 Å². The maximum Gasteiger partial charge on any atom is 0.338 e. The van der Waals surface area contributed by atoms with Gasteiger partial charge in [0.2, 0.25) is 12.0 Å². The highest BCUT2D eigenvalue weighted by Gasteiger charge is 2.29. The topological polar surface area (TPSA) is 134 Å². The molecule has 6 rings (SSSR count). The van der Waals surface area contributed by atoms with E-state index in [1.165, 1.54) is 0 Å². The summed E-state index contributed by atoms with van der Waals surface area (Å²) in [7, 11) is 1.82. The molecule has 5 aromatic carbocycles. The Kier molecular flexibility index (Phi) is 15.8. The van der Waals surface area contributed by atoms with Crippen LogP contribution in [0.25, 0.3) is 0 Å². The summed E-state index contributed by atoms with van der Waals surface area (Å²) in [6.07, 6.45) is 0.556. The second kappa shape index (κ2) is 21.4. The lowest BCUT2D eigenvalue weighted by Crippen LogP contribution is -2.23. The Hall–Kier alpha value is -6.90. The molecule has 0 aliphatic carbocycles. The molecule has 0 aliphatic rings. The second-order valence-corrected chi connectivity index (χ2v) is 15.7. The highest BCUT2D eigenvalue weighted by Crippen LogP contribution is 2.32. The van der Waals surface area contributed by atoms with Crippen molar-refractivity contribution >= 4 is 29.8 Å². The monoisotopic (exact) mass is 840 g/mol. The van der Waals surface area contributed by atoms with Gasteiger partial charge in [0.15, 0.2) is 0 Å². The van der Waals surface area contributed by atoms with E-state index in [4.69, 9.17) is 35.4 Å². The van der Waals surface area contributed by atoms with Gasteiger partial charge in [-0.25, -0.2) is 9.48 Å². The fourth-order valence-corrected chi connectivity index (χ4v) is 6.11. The van der Waals surface area contributed by atoms with Gasteiger partial charge >= 0.3 is 11.9 Å². The molecule has 0 spiro atoms. The van der Waals surface area contributed by atoms with Gasteiger partial charge < -0.3 is 23.8 Å². The molecular formula is C49H49ClN4O7. The van der Waals surface area contributed by atoms with Crippen LogP contribution in [0.4, 0.5) is 0 Å². The Morgan fingerprint density at radius 2 is 1.43 bits per heavy atom. The Morgan fingerprint density at radius 1 is 0.820 bits per heavy atom. The van der Waals surface area contributed by atoms with Crippen molar-refractivity contribution in [2.24, 2.45) is 18.1 Å². The summed E-state index contributed by atoms with van der Waals surface area (Å²) in [4.78, 5) is 30.5. The maximum absolute atomic E-state index is 13.0. The van der Waals surface area contributed by atoms with Crippen LogP contribution in [-0.4, -0.2) is 33.5 Å². The van der Waals surface area contributed by atoms with Crippen molar-refractivity contribution in [3.05, 3.63) is 172 Å². The van der Waals surface area contributed by atoms with Gasteiger partial charge in [0.05, 0.1) is 29.0 Å². The zero-order chi connectivity index (χ0) is 43.9. The summed E-state index contributed by atoms with van der Waals surface area (Å²) in [5.41, 5.74) is 3.73. The molecule has 0 radical (unpaired) electrons. The summed E-state index contributed by atoms with van der Waals surface area (Å²) in [5.74, 6) is 1.23. The van der Waals surface area contributed by atoms with Crippen molar-refractivity contribution in [1.82, 2.24) is 9.78 Å². The van der Waals surface area contributed by atoms with E-state index in [1.807, 2.05) is 134 Å². The first kappa shape index (κ1) is 45.2. The van der Waals surface area contributed by atoms with Gasteiger partial charge in [-0.2, -0.15) is 10.4 Å². The van der Waals surface area contributed by atoms with Crippen molar-refractivity contribution in [3.8, 4) is 29.2 Å². The first-order chi connectivity index (χ1) is 29.2. The lowest BCUT2D eigenvalue weighted by Gasteiger charge is -2.22. The van der Waals surface area contributed by atoms with E-state index < -0.39 is 23.6 Å². The summed E-state index contributed by atoms with van der Waals surface area (Å²) in [6.45, 7) is 11.5. The summed E-state index contributed by atoms with van der Waals surface area (Å²) in [5, 5.41) is 18.7.